The molecule has 0 saturated carbocycles. The molecule has 0 N–H and O–H groups in total. The molecule has 0 spiro atoms. The third-order valence-corrected chi connectivity index (χ3v) is 4.17. The first-order chi connectivity index (χ1) is 13.3. The van der Waals surface area contributed by atoms with Crippen LogP contribution in [-0.2, 0) is 16.1 Å². The predicted molar refractivity (Wildman–Crippen MR) is 91.8 cm³/mol. The Bertz CT molecular complexity index is 907. The van der Waals surface area contributed by atoms with Crippen molar-refractivity contribution in [1.29, 1.82) is 0 Å². The Morgan fingerprint density at radius 1 is 1.36 bits per heavy atom. The van der Waals surface area contributed by atoms with Crippen LogP contribution in [0.15, 0.2) is 30.6 Å². The molecule has 1 fully saturated rings. The van der Waals surface area contributed by atoms with Crippen LogP contribution in [0.25, 0.3) is 11.3 Å². The topological polar surface area (TPSA) is 75.6 Å². The monoisotopic (exact) mass is 394 g/mol. The summed E-state index contributed by atoms with van der Waals surface area (Å²) in [5, 5.41) is 0. The number of nitrogens with zero attached hydrogens (tertiary/aromatic N) is 4. The molecule has 1 aliphatic rings. The molecular weight excluding hydrogens is 377 g/mol. The second kappa shape index (κ2) is 7.83. The molecule has 2 aromatic rings. The summed E-state index contributed by atoms with van der Waals surface area (Å²) >= 11 is 0. The van der Waals surface area contributed by atoms with E-state index >= 15 is 0 Å². The van der Waals surface area contributed by atoms with Gasteiger partial charge in [-0.2, -0.15) is 0 Å². The van der Waals surface area contributed by atoms with Crippen LogP contribution in [0.5, 0.6) is 0 Å². The van der Waals surface area contributed by atoms with Crippen molar-refractivity contribution in [3.8, 4) is 11.3 Å². The van der Waals surface area contributed by atoms with Crippen LogP contribution in [0.1, 0.15) is 17.7 Å². The van der Waals surface area contributed by atoms with Crippen LogP contribution in [0.4, 0.5) is 18.0 Å². The lowest BCUT2D eigenvalue weighted by Gasteiger charge is -2.15. The minimum Gasteiger partial charge on any atom is -0.434 e. The number of hydrogen-bond donors (Lipinski definition) is 0. The number of benzene rings is 1. The van der Waals surface area contributed by atoms with Gasteiger partial charge in [-0.25, -0.2) is 22.9 Å². The zero-order valence-corrected chi connectivity index (χ0v) is 15.1. The second-order valence-corrected chi connectivity index (χ2v) is 6.42. The largest absolute Gasteiger partial charge is 0.434 e. The van der Waals surface area contributed by atoms with Crippen molar-refractivity contribution in [1.82, 2.24) is 19.8 Å². The van der Waals surface area contributed by atoms with E-state index in [2.05, 4.69) is 9.97 Å². The van der Waals surface area contributed by atoms with E-state index in [1.54, 1.807) is 14.1 Å². The number of ether oxygens (including phenoxy) is 1. The number of alkyl halides is 2. The van der Waals surface area contributed by atoms with Gasteiger partial charge in [-0.3, -0.25) is 14.7 Å². The molecule has 3 rings (SSSR count). The van der Waals surface area contributed by atoms with Crippen LogP contribution < -0.4 is 0 Å². The Morgan fingerprint density at radius 3 is 2.79 bits per heavy atom. The molecule has 1 aromatic carbocycles. The first-order valence-corrected chi connectivity index (χ1v) is 8.32. The molecule has 10 heteroatoms. The minimum atomic E-state index is -2.96. The summed E-state index contributed by atoms with van der Waals surface area (Å²) in [6.45, 7) is 0.0909. The first kappa shape index (κ1) is 19.6. The molecule has 1 atom stereocenters. The van der Waals surface area contributed by atoms with Crippen LogP contribution in [0, 0.1) is 5.82 Å². The van der Waals surface area contributed by atoms with E-state index in [0.717, 1.165) is 12.1 Å². The maximum absolute atomic E-state index is 13.5. The van der Waals surface area contributed by atoms with Gasteiger partial charge in [0.1, 0.15) is 5.82 Å². The highest BCUT2D eigenvalue weighted by atomic mass is 19.3. The molecule has 7 nitrogen and oxygen atoms in total. The van der Waals surface area contributed by atoms with Crippen LogP contribution in [0.3, 0.4) is 0 Å². The van der Waals surface area contributed by atoms with Crippen LogP contribution >= 0.6 is 0 Å². The summed E-state index contributed by atoms with van der Waals surface area (Å²) in [6, 6.07) is 3.29. The molecule has 0 aliphatic carbocycles. The highest BCUT2D eigenvalue weighted by Crippen LogP contribution is 2.27. The molecule has 1 aromatic heterocycles. The van der Waals surface area contributed by atoms with Crippen molar-refractivity contribution >= 4 is 12.0 Å². The lowest BCUT2D eigenvalue weighted by atomic mass is 10.1. The molecule has 1 unspecified atom stereocenters. The van der Waals surface area contributed by atoms with E-state index in [9.17, 15) is 22.8 Å². The number of hydrogen-bond acceptors (Lipinski definition) is 5. The summed E-state index contributed by atoms with van der Waals surface area (Å²) in [5.74, 6) is -1.33. The number of rotatable bonds is 5. The number of carbonyl (C=O) groups is 2. The van der Waals surface area contributed by atoms with Gasteiger partial charge in [0.05, 0.1) is 42.4 Å². The van der Waals surface area contributed by atoms with Crippen molar-refractivity contribution in [2.24, 2.45) is 0 Å². The first-order valence-electron chi connectivity index (χ1n) is 8.32. The maximum atomic E-state index is 13.5. The molecular formula is C18H17F3N4O3. The number of likely N-dealkylation sites (N-methyl/N-ethyl adjacent to an activating group) is 1. The van der Waals surface area contributed by atoms with E-state index in [0.29, 0.717) is 5.69 Å². The molecule has 0 radical (unpaired) electrons. The van der Waals surface area contributed by atoms with E-state index in [4.69, 9.17) is 4.74 Å². The standard InChI is InChI=1S/C18H17F3N4O3/c1-24(2)17(26)15-9-25(18(27)28-15)8-11-6-22-7-14(23-11)10-3-4-13(19)12(5-10)16(20)21/h3-7,15-16H,8-9H2,1-2H3. The SMILES string of the molecule is CN(C)C(=O)C1CN(Cc2cncc(-c3ccc(F)c(C(F)F)c3)n2)C(=O)O1. The number of amides is 2. The summed E-state index contributed by atoms with van der Waals surface area (Å²) in [6.07, 6.45) is -1.75. The smallest absolute Gasteiger partial charge is 0.411 e. The Balaban J connectivity index is 1.78. The lowest BCUT2D eigenvalue weighted by Crippen LogP contribution is -2.36. The molecule has 1 saturated heterocycles. The fourth-order valence-corrected chi connectivity index (χ4v) is 2.74. The van der Waals surface area contributed by atoms with Gasteiger partial charge in [0.25, 0.3) is 12.3 Å². The Labute approximate surface area is 158 Å². The van der Waals surface area contributed by atoms with Gasteiger partial charge < -0.3 is 9.64 Å². The van der Waals surface area contributed by atoms with Gasteiger partial charge >= 0.3 is 6.09 Å². The number of halogens is 3. The molecule has 0 bridgehead atoms. The van der Waals surface area contributed by atoms with Crippen molar-refractivity contribution in [2.75, 3.05) is 20.6 Å². The van der Waals surface area contributed by atoms with Gasteiger partial charge in [0.2, 0.25) is 0 Å². The zero-order chi connectivity index (χ0) is 20.4. The molecule has 28 heavy (non-hydrogen) atoms. The van der Waals surface area contributed by atoms with Crippen LogP contribution in [0.2, 0.25) is 0 Å². The van der Waals surface area contributed by atoms with Gasteiger partial charge in [-0.15, -0.1) is 0 Å². The van der Waals surface area contributed by atoms with Gasteiger partial charge in [-0.1, -0.05) is 0 Å². The molecule has 1 aliphatic heterocycles. The van der Waals surface area contributed by atoms with E-state index < -0.39 is 30.0 Å². The highest BCUT2D eigenvalue weighted by molar-refractivity contribution is 5.86. The fraction of sp³-hybridized carbons (Fsp3) is 0.333. The Hall–Kier alpha value is -3.17. The minimum absolute atomic E-state index is 0.0276. The third kappa shape index (κ3) is 4.05. The van der Waals surface area contributed by atoms with Gasteiger partial charge in [0, 0.05) is 19.7 Å². The fourth-order valence-electron chi connectivity index (χ4n) is 2.74. The van der Waals surface area contributed by atoms with Crippen molar-refractivity contribution < 1.29 is 27.5 Å². The number of cyclic esters (lactones) is 1. The zero-order valence-electron chi connectivity index (χ0n) is 15.1. The predicted octanol–water partition coefficient (Wildman–Crippen LogP) is 2.63. The summed E-state index contributed by atoms with van der Waals surface area (Å²) in [7, 11) is 3.12. The van der Waals surface area contributed by atoms with Gasteiger partial charge in [-0.05, 0) is 18.2 Å². The van der Waals surface area contributed by atoms with Gasteiger partial charge in [0.15, 0.2) is 6.10 Å². The van der Waals surface area contributed by atoms with E-state index in [1.165, 1.54) is 28.3 Å². The summed E-state index contributed by atoms with van der Waals surface area (Å²) in [5.41, 5.74) is 0.178. The highest BCUT2D eigenvalue weighted by Gasteiger charge is 2.37. The molecule has 148 valence electrons. The van der Waals surface area contributed by atoms with Crippen LogP contribution in [-0.4, -0.2) is 58.5 Å². The van der Waals surface area contributed by atoms with Crippen molar-refractivity contribution in [2.45, 2.75) is 19.1 Å². The average molecular weight is 394 g/mol. The average Bonchev–Trinajstić information content (AvgIpc) is 3.01. The Kier molecular flexibility index (Phi) is 5.48. The summed E-state index contributed by atoms with van der Waals surface area (Å²) in [4.78, 5) is 34.9. The third-order valence-electron chi connectivity index (χ3n) is 4.17. The second-order valence-electron chi connectivity index (χ2n) is 6.42. The number of aromatic nitrogens is 2. The molecule has 2 amide bonds. The normalized spacial score (nSPS) is 16.4. The van der Waals surface area contributed by atoms with Crippen molar-refractivity contribution in [3.05, 3.63) is 47.7 Å². The maximum Gasteiger partial charge on any atom is 0.411 e. The van der Waals surface area contributed by atoms with E-state index in [1.807, 2.05) is 0 Å². The van der Waals surface area contributed by atoms with E-state index in [-0.39, 0.29) is 30.3 Å². The quantitative estimate of drug-likeness (QED) is 0.779. The Morgan fingerprint density at radius 2 is 2.11 bits per heavy atom. The van der Waals surface area contributed by atoms with Crippen molar-refractivity contribution in [3.63, 3.8) is 0 Å². The lowest BCUT2D eigenvalue weighted by molar-refractivity contribution is -0.135. The molecule has 2 heterocycles. The number of carbonyl (C=O) groups excluding carboxylic acids is 2. The summed E-state index contributed by atoms with van der Waals surface area (Å²) < 4.78 is 44.4.